The molecule has 2 aliphatic carbocycles. The van der Waals surface area contributed by atoms with Crippen molar-refractivity contribution in [3.8, 4) is 0 Å². The van der Waals surface area contributed by atoms with E-state index in [4.69, 9.17) is 0 Å². The van der Waals surface area contributed by atoms with Crippen molar-refractivity contribution in [3.05, 3.63) is 12.2 Å². The molecule has 0 bridgehead atoms. The second kappa shape index (κ2) is 4.72. The first-order chi connectivity index (χ1) is 7.18. The van der Waals surface area contributed by atoms with Crippen LogP contribution < -0.4 is 0 Å². The van der Waals surface area contributed by atoms with Crippen LogP contribution in [0, 0.1) is 29.6 Å². The maximum absolute atomic E-state index is 2.50. The molecular weight excluding hydrogens is 180 g/mol. The van der Waals surface area contributed by atoms with Gasteiger partial charge in [-0.3, -0.25) is 0 Å². The Hall–Kier alpha value is -0.260. The predicted molar refractivity (Wildman–Crippen MR) is 66.7 cm³/mol. The van der Waals surface area contributed by atoms with Gasteiger partial charge in [-0.1, -0.05) is 39.3 Å². The number of allylic oxidation sites excluding steroid dienone is 2. The largest absolute Gasteiger partial charge is 0.0882 e. The quantitative estimate of drug-likeness (QED) is 0.547. The van der Waals surface area contributed by atoms with Gasteiger partial charge in [0.05, 0.1) is 0 Å². The van der Waals surface area contributed by atoms with Gasteiger partial charge in [-0.05, 0) is 55.3 Å². The fourth-order valence-electron chi connectivity index (χ4n) is 3.36. The Labute approximate surface area is 95.1 Å². The first kappa shape index (κ1) is 11.2. The van der Waals surface area contributed by atoms with E-state index in [0.29, 0.717) is 0 Å². The highest BCUT2D eigenvalue weighted by atomic mass is 14.4. The summed E-state index contributed by atoms with van der Waals surface area (Å²) in [6, 6.07) is 0. The average molecular weight is 206 g/mol. The molecular formula is C15H26. The molecule has 0 aliphatic heterocycles. The maximum atomic E-state index is 2.50. The molecule has 0 spiro atoms. The minimum Gasteiger partial charge on any atom is -0.0882 e. The summed E-state index contributed by atoms with van der Waals surface area (Å²) in [7, 11) is 0. The third-order valence-electron chi connectivity index (χ3n) is 4.61. The van der Waals surface area contributed by atoms with E-state index >= 15 is 0 Å². The van der Waals surface area contributed by atoms with Crippen molar-refractivity contribution in [1.29, 1.82) is 0 Å². The maximum Gasteiger partial charge on any atom is -0.0202 e. The van der Waals surface area contributed by atoms with Crippen LogP contribution in [-0.2, 0) is 0 Å². The van der Waals surface area contributed by atoms with Gasteiger partial charge in [0.1, 0.15) is 0 Å². The molecule has 1 fully saturated rings. The van der Waals surface area contributed by atoms with Crippen molar-refractivity contribution >= 4 is 0 Å². The molecule has 0 radical (unpaired) electrons. The lowest BCUT2D eigenvalue weighted by atomic mass is 9.78. The molecule has 0 heteroatoms. The van der Waals surface area contributed by atoms with Crippen molar-refractivity contribution in [2.24, 2.45) is 29.6 Å². The highest BCUT2D eigenvalue weighted by Gasteiger charge is 2.35. The van der Waals surface area contributed by atoms with E-state index in [9.17, 15) is 0 Å². The monoisotopic (exact) mass is 206 g/mol. The zero-order chi connectivity index (χ0) is 10.8. The molecule has 1 saturated carbocycles. The van der Waals surface area contributed by atoms with Gasteiger partial charge in [0.15, 0.2) is 0 Å². The van der Waals surface area contributed by atoms with E-state index in [-0.39, 0.29) is 0 Å². The van der Waals surface area contributed by atoms with Crippen LogP contribution in [0.2, 0.25) is 0 Å². The lowest BCUT2D eigenvalue weighted by molar-refractivity contribution is 0.235. The molecule has 4 unspecified atom stereocenters. The Morgan fingerprint density at radius 3 is 2.67 bits per heavy atom. The molecule has 0 heterocycles. The van der Waals surface area contributed by atoms with E-state index in [0.717, 1.165) is 29.6 Å². The SMILES string of the molecule is CC(C)C1CC/C=C/C2CC2CCC1C. The summed E-state index contributed by atoms with van der Waals surface area (Å²) in [6.45, 7) is 7.28. The van der Waals surface area contributed by atoms with Crippen LogP contribution in [0.1, 0.15) is 52.9 Å². The molecule has 2 rings (SSSR count). The molecule has 15 heavy (non-hydrogen) atoms. The van der Waals surface area contributed by atoms with E-state index in [1.165, 1.54) is 32.1 Å². The second-order valence-corrected chi connectivity index (χ2v) is 6.13. The summed E-state index contributed by atoms with van der Waals surface area (Å²) >= 11 is 0. The summed E-state index contributed by atoms with van der Waals surface area (Å²) in [6.07, 6.45) is 12.1. The zero-order valence-corrected chi connectivity index (χ0v) is 10.6. The molecule has 86 valence electrons. The molecule has 0 saturated heterocycles. The molecule has 0 aromatic rings. The van der Waals surface area contributed by atoms with Gasteiger partial charge in [0.25, 0.3) is 0 Å². The zero-order valence-electron chi connectivity index (χ0n) is 10.6. The summed E-state index contributed by atoms with van der Waals surface area (Å²) in [4.78, 5) is 0. The lowest BCUT2D eigenvalue weighted by Crippen LogP contribution is -2.18. The number of hydrogen-bond donors (Lipinski definition) is 0. The first-order valence-electron chi connectivity index (χ1n) is 6.85. The highest BCUT2D eigenvalue weighted by molar-refractivity contribution is 5.02. The second-order valence-electron chi connectivity index (χ2n) is 6.13. The van der Waals surface area contributed by atoms with E-state index < -0.39 is 0 Å². The van der Waals surface area contributed by atoms with E-state index in [1.807, 2.05) is 0 Å². The molecule has 0 N–H and O–H groups in total. The van der Waals surface area contributed by atoms with Crippen LogP contribution >= 0.6 is 0 Å². The molecule has 4 atom stereocenters. The van der Waals surface area contributed by atoms with Crippen molar-refractivity contribution in [3.63, 3.8) is 0 Å². The van der Waals surface area contributed by atoms with Crippen LogP contribution in [-0.4, -0.2) is 0 Å². The molecule has 0 amide bonds. The molecule has 0 nitrogen and oxygen atoms in total. The van der Waals surface area contributed by atoms with Gasteiger partial charge >= 0.3 is 0 Å². The fourth-order valence-corrected chi connectivity index (χ4v) is 3.36. The van der Waals surface area contributed by atoms with Crippen molar-refractivity contribution < 1.29 is 0 Å². The van der Waals surface area contributed by atoms with Crippen molar-refractivity contribution in [1.82, 2.24) is 0 Å². The number of hydrogen-bond acceptors (Lipinski definition) is 0. The van der Waals surface area contributed by atoms with Crippen LogP contribution in [0.15, 0.2) is 12.2 Å². The summed E-state index contributed by atoms with van der Waals surface area (Å²) in [5, 5.41) is 0. The van der Waals surface area contributed by atoms with Crippen molar-refractivity contribution in [2.45, 2.75) is 52.9 Å². The third kappa shape index (κ3) is 2.86. The van der Waals surface area contributed by atoms with Crippen LogP contribution in [0.25, 0.3) is 0 Å². The van der Waals surface area contributed by atoms with Crippen LogP contribution in [0.5, 0.6) is 0 Å². The minimum absolute atomic E-state index is 0.864. The Morgan fingerprint density at radius 2 is 1.93 bits per heavy atom. The minimum atomic E-state index is 0.864. The Morgan fingerprint density at radius 1 is 1.13 bits per heavy atom. The van der Waals surface area contributed by atoms with Gasteiger partial charge in [-0.2, -0.15) is 0 Å². The smallest absolute Gasteiger partial charge is 0.0202 e. The Balaban J connectivity index is 1.96. The summed E-state index contributed by atoms with van der Waals surface area (Å²) in [5.74, 6) is 4.77. The number of rotatable bonds is 1. The normalized spacial score (nSPS) is 43.5. The Bertz CT molecular complexity index is 226. The Kier molecular flexibility index (Phi) is 3.53. The molecule has 0 aromatic heterocycles. The van der Waals surface area contributed by atoms with Gasteiger partial charge in [-0.25, -0.2) is 0 Å². The van der Waals surface area contributed by atoms with Crippen LogP contribution in [0.4, 0.5) is 0 Å². The fraction of sp³-hybridized carbons (Fsp3) is 0.867. The molecule has 0 aromatic carbocycles. The van der Waals surface area contributed by atoms with Crippen molar-refractivity contribution in [2.75, 3.05) is 0 Å². The van der Waals surface area contributed by atoms with Gasteiger partial charge in [0.2, 0.25) is 0 Å². The summed E-state index contributed by atoms with van der Waals surface area (Å²) < 4.78 is 0. The van der Waals surface area contributed by atoms with Gasteiger partial charge in [-0.15, -0.1) is 0 Å². The lowest BCUT2D eigenvalue weighted by Gasteiger charge is -2.27. The average Bonchev–Trinajstić information content (AvgIpc) is 2.92. The summed E-state index contributed by atoms with van der Waals surface area (Å²) in [5.41, 5.74) is 0. The standard InChI is InChI=1S/C15H26/c1-11(2)15-7-5-4-6-13-10-14(13)9-8-12(15)3/h4,6,11-15H,5,7-10H2,1-3H3/b6-4+. The van der Waals surface area contributed by atoms with Gasteiger partial charge < -0.3 is 0 Å². The van der Waals surface area contributed by atoms with E-state index in [1.54, 1.807) is 0 Å². The third-order valence-corrected chi connectivity index (χ3v) is 4.61. The van der Waals surface area contributed by atoms with Gasteiger partial charge in [0, 0.05) is 0 Å². The van der Waals surface area contributed by atoms with E-state index in [2.05, 4.69) is 32.9 Å². The first-order valence-corrected chi connectivity index (χ1v) is 6.85. The van der Waals surface area contributed by atoms with Crippen LogP contribution in [0.3, 0.4) is 0 Å². The molecule has 2 aliphatic rings. The topological polar surface area (TPSA) is 0 Å². The predicted octanol–water partition coefficient (Wildman–Crippen LogP) is 4.66. The highest BCUT2D eigenvalue weighted by Crippen LogP contribution is 2.45. The number of fused-ring (bicyclic) bond motifs is 1.